The first-order chi connectivity index (χ1) is 10.9. The summed E-state index contributed by atoms with van der Waals surface area (Å²) in [6, 6.07) is 5.30. The largest absolute Gasteiger partial charge is 0.395 e. The molecule has 23 heavy (non-hydrogen) atoms. The predicted molar refractivity (Wildman–Crippen MR) is 89.8 cm³/mol. The fourth-order valence-corrected chi connectivity index (χ4v) is 3.32. The van der Waals surface area contributed by atoms with Crippen molar-refractivity contribution < 1.29 is 18.3 Å². The summed E-state index contributed by atoms with van der Waals surface area (Å²) in [6.45, 7) is 6.60. The number of nitrogens with zero attached hydrogens (tertiary/aromatic N) is 1. The minimum absolute atomic E-state index is 0.0750. The number of aliphatic hydroxyl groups is 1. The highest BCUT2D eigenvalue weighted by Crippen LogP contribution is 2.13. The summed E-state index contributed by atoms with van der Waals surface area (Å²) in [6.07, 6.45) is 1.95. The normalized spacial score (nSPS) is 12.9. The van der Waals surface area contributed by atoms with Gasteiger partial charge in [-0.3, -0.25) is 4.79 Å². The van der Waals surface area contributed by atoms with Gasteiger partial charge in [-0.05, 0) is 44.5 Å². The van der Waals surface area contributed by atoms with Gasteiger partial charge in [-0.1, -0.05) is 13.3 Å². The molecule has 6 nitrogen and oxygen atoms in total. The molecule has 0 heterocycles. The maximum Gasteiger partial charge on any atom is 0.253 e. The second-order valence-corrected chi connectivity index (χ2v) is 7.18. The van der Waals surface area contributed by atoms with Crippen LogP contribution in [0.4, 0.5) is 0 Å². The molecule has 1 amide bonds. The van der Waals surface area contributed by atoms with Crippen molar-refractivity contribution in [1.29, 1.82) is 0 Å². The standard InChI is InChI=1S/C16H26N2O4S/c1-4-6-11-18(5-2)16(20)14-7-9-15(10-8-14)23(21,22)17-13(3)12-19/h7-10,13,17,19H,4-6,11-12H2,1-3H3. The topological polar surface area (TPSA) is 86.7 Å². The Kier molecular flexibility index (Phi) is 7.67. The number of unbranched alkanes of at least 4 members (excludes halogenated alkanes) is 1. The molecule has 1 rings (SSSR count). The van der Waals surface area contributed by atoms with Crippen LogP contribution in [-0.4, -0.2) is 50.1 Å². The fraction of sp³-hybridized carbons (Fsp3) is 0.562. The van der Waals surface area contributed by atoms with E-state index in [1.165, 1.54) is 24.3 Å². The highest BCUT2D eigenvalue weighted by atomic mass is 32.2. The van der Waals surface area contributed by atoms with Gasteiger partial charge in [0.15, 0.2) is 0 Å². The molecule has 7 heteroatoms. The van der Waals surface area contributed by atoms with Crippen LogP contribution in [0.2, 0.25) is 0 Å². The third-order valence-electron chi connectivity index (χ3n) is 3.49. The Balaban J connectivity index is 2.89. The van der Waals surface area contributed by atoms with Gasteiger partial charge in [0.2, 0.25) is 10.0 Å². The van der Waals surface area contributed by atoms with Crippen LogP contribution in [0.15, 0.2) is 29.2 Å². The minimum atomic E-state index is -3.69. The van der Waals surface area contributed by atoms with Crippen LogP contribution >= 0.6 is 0 Å². The molecular weight excluding hydrogens is 316 g/mol. The Morgan fingerprint density at radius 1 is 1.26 bits per heavy atom. The summed E-state index contributed by atoms with van der Waals surface area (Å²) in [5, 5.41) is 8.94. The highest BCUT2D eigenvalue weighted by molar-refractivity contribution is 7.89. The van der Waals surface area contributed by atoms with Crippen molar-refractivity contribution in [3.8, 4) is 0 Å². The van der Waals surface area contributed by atoms with Gasteiger partial charge >= 0.3 is 0 Å². The van der Waals surface area contributed by atoms with Gasteiger partial charge < -0.3 is 10.0 Å². The van der Waals surface area contributed by atoms with Gasteiger partial charge in [-0.25, -0.2) is 13.1 Å². The molecule has 1 atom stereocenters. The number of rotatable bonds is 9. The van der Waals surface area contributed by atoms with E-state index in [1.54, 1.807) is 11.8 Å². The third kappa shape index (κ3) is 5.60. The number of hydrogen-bond acceptors (Lipinski definition) is 4. The number of sulfonamides is 1. The zero-order chi connectivity index (χ0) is 17.5. The minimum Gasteiger partial charge on any atom is -0.395 e. The SMILES string of the molecule is CCCCN(CC)C(=O)c1ccc(S(=O)(=O)NC(C)CO)cc1. The van der Waals surface area contributed by atoms with Crippen LogP contribution in [0.25, 0.3) is 0 Å². The number of nitrogens with one attached hydrogen (secondary N) is 1. The lowest BCUT2D eigenvalue weighted by Gasteiger charge is -2.20. The Morgan fingerprint density at radius 3 is 2.35 bits per heavy atom. The first-order valence-electron chi connectivity index (χ1n) is 7.88. The average molecular weight is 342 g/mol. The van der Waals surface area contributed by atoms with Gasteiger partial charge in [0, 0.05) is 24.7 Å². The van der Waals surface area contributed by atoms with Crippen LogP contribution in [0.5, 0.6) is 0 Å². The number of aliphatic hydroxyl groups excluding tert-OH is 1. The first kappa shape index (κ1) is 19.6. The van der Waals surface area contributed by atoms with E-state index in [0.717, 1.165) is 12.8 Å². The maximum atomic E-state index is 12.4. The molecule has 0 aromatic heterocycles. The third-order valence-corrected chi connectivity index (χ3v) is 5.10. The molecule has 130 valence electrons. The van der Waals surface area contributed by atoms with Crippen molar-refractivity contribution in [2.45, 2.75) is 44.6 Å². The molecule has 1 aromatic carbocycles. The van der Waals surface area contributed by atoms with Gasteiger partial charge in [-0.2, -0.15) is 0 Å². The Morgan fingerprint density at radius 2 is 1.87 bits per heavy atom. The van der Waals surface area contributed by atoms with E-state index in [-0.39, 0.29) is 17.4 Å². The Labute approximate surface area is 138 Å². The van der Waals surface area contributed by atoms with Crippen molar-refractivity contribution in [3.63, 3.8) is 0 Å². The highest BCUT2D eigenvalue weighted by Gasteiger charge is 2.19. The number of hydrogen-bond donors (Lipinski definition) is 2. The van der Waals surface area contributed by atoms with Crippen molar-refractivity contribution in [2.75, 3.05) is 19.7 Å². The second kappa shape index (κ2) is 9.00. The van der Waals surface area contributed by atoms with E-state index < -0.39 is 16.1 Å². The Bertz CT molecular complexity index is 599. The van der Waals surface area contributed by atoms with Crippen LogP contribution in [0.1, 0.15) is 44.0 Å². The van der Waals surface area contributed by atoms with E-state index in [4.69, 9.17) is 5.11 Å². The molecule has 0 aliphatic rings. The van der Waals surface area contributed by atoms with E-state index in [2.05, 4.69) is 11.6 Å². The lowest BCUT2D eigenvalue weighted by Crippen LogP contribution is -2.35. The van der Waals surface area contributed by atoms with E-state index in [9.17, 15) is 13.2 Å². The first-order valence-corrected chi connectivity index (χ1v) is 9.36. The van der Waals surface area contributed by atoms with Crippen molar-refractivity contribution in [3.05, 3.63) is 29.8 Å². The summed E-state index contributed by atoms with van der Waals surface area (Å²) in [4.78, 5) is 14.2. The van der Waals surface area contributed by atoms with Gasteiger partial charge in [0.25, 0.3) is 5.91 Å². The van der Waals surface area contributed by atoms with E-state index in [0.29, 0.717) is 18.7 Å². The molecule has 2 N–H and O–H groups in total. The maximum absolute atomic E-state index is 12.4. The molecule has 0 saturated heterocycles. The predicted octanol–water partition coefficient (Wildman–Crippen LogP) is 1.61. The molecule has 1 unspecified atom stereocenters. The summed E-state index contributed by atoms with van der Waals surface area (Å²) in [7, 11) is -3.69. The van der Waals surface area contributed by atoms with Crippen LogP contribution < -0.4 is 4.72 Å². The molecule has 0 radical (unpaired) electrons. The van der Waals surface area contributed by atoms with E-state index >= 15 is 0 Å². The summed E-state index contributed by atoms with van der Waals surface area (Å²) < 4.78 is 26.6. The lowest BCUT2D eigenvalue weighted by molar-refractivity contribution is 0.0762. The zero-order valence-corrected chi connectivity index (χ0v) is 14.8. The van der Waals surface area contributed by atoms with Crippen molar-refractivity contribution >= 4 is 15.9 Å². The molecule has 0 aliphatic heterocycles. The van der Waals surface area contributed by atoms with Crippen molar-refractivity contribution in [2.24, 2.45) is 0 Å². The summed E-state index contributed by atoms with van der Waals surface area (Å²) in [5.41, 5.74) is 0.470. The average Bonchev–Trinajstić information content (AvgIpc) is 2.55. The number of amides is 1. The number of benzene rings is 1. The molecule has 0 fully saturated rings. The molecule has 0 saturated carbocycles. The van der Waals surface area contributed by atoms with Crippen molar-refractivity contribution in [1.82, 2.24) is 9.62 Å². The van der Waals surface area contributed by atoms with Gasteiger partial charge in [-0.15, -0.1) is 0 Å². The number of carbonyl (C=O) groups is 1. The quantitative estimate of drug-likeness (QED) is 0.714. The van der Waals surface area contributed by atoms with Crippen LogP contribution in [0.3, 0.4) is 0 Å². The zero-order valence-electron chi connectivity index (χ0n) is 13.9. The fourth-order valence-electron chi connectivity index (χ4n) is 2.08. The second-order valence-electron chi connectivity index (χ2n) is 5.47. The Hall–Kier alpha value is -1.44. The van der Waals surface area contributed by atoms with Crippen LogP contribution in [-0.2, 0) is 10.0 Å². The molecule has 0 aliphatic carbocycles. The number of carbonyl (C=O) groups excluding carboxylic acids is 1. The molecule has 0 bridgehead atoms. The smallest absolute Gasteiger partial charge is 0.253 e. The van der Waals surface area contributed by atoms with Crippen LogP contribution in [0, 0.1) is 0 Å². The summed E-state index contributed by atoms with van der Waals surface area (Å²) >= 11 is 0. The monoisotopic (exact) mass is 342 g/mol. The van der Waals surface area contributed by atoms with E-state index in [1.807, 2.05) is 6.92 Å². The molecule has 1 aromatic rings. The van der Waals surface area contributed by atoms with Gasteiger partial charge in [0.1, 0.15) is 0 Å². The summed E-state index contributed by atoms with van der Waals surface area (Å²) in [5.74, 6) is -0.0958. The molecule has 0 spiro atoms. The lowest BCUT2D eigenvalue weighted by atomic mass is 10.2. The molecular formula is C16H26N2O4S. The van der Waals surface area contributed by atoms with Gasteiger partial charge in [0.05, 0.1) is 11.5 Å².